The Morgan fingerprint density at radius 2 is 1.73 bits per heavy atom. The van der Waals surface area contributed by atoms with Crippen molar-refractivity contribution < 1.29 is 14.3 Å². The third-order valence-corrected chi connectivity index (χ3v) is 5.45. The summed E-state index contributed by atoms with van der Waals surface area (Å²) in [6.07, 6.45) is 1.23. The van der Waals surface area contributed by atoms with Crippen molar-refractivity contribution in [3.63, 3.8) is 0 Å². The van der Waals surface area contributed by atoms with E-state index in [9.17, 15) is 9.59 Å². The normalized spacial score (nSPS) is 11.8. The van der Waals surface area contributed by atoms with E-state index in [0.29, 0.717) is 37.6 Å². The quantitative estimate of drug-likeness (QED) is 0.448. The van der Waals surface area contributed by atoms with Crippen LogP contribution < -0.4 is 10.1 Å². The third-order valence-electron chi connectivity index (χ3n) is 4.73. The Hall–Kier alpha value is -2.09. The molecule has 30 heavy (non-hydrogen) atoms. The summed E-state index contributed by atoms with van der Waals surface area (Å²) in [5, 5.41) is 2.97. The smallest absolute Gasteiger partial charge is 0.261 e. The molecule has 0 radical (unpaired) electrons. The van der Waals surface area contributed by atoms with Gasteiger partial charge in [-0.1, -0.05) is 51.1 Å². The zero-order valence-electron chi connectivity index (χ0n) is 17.9. The Balaban J connectivity index is 2.09. The summed E-state index contributed by atoms with van der Waals surface area (Å²) in [7, 11) is 0. The lowest BCUT2D eigenvalue weighted by Gasteiger charge is -2.30. The largest absolute Gasteiger partial charge is 0.484 e. The van der Waals surface area contributed by atoms with E-state index in [1.165, 1.54) is 0 Å². The average Bonchev–Trinajstić information content (AvgIpc) is 2.75. The number of ether oxygens (including phenoxy) is 1. The Morgan fingerprint density at radius 1 is 1.07 bits per heavy atom. The zero-order chi connectivity index (χ0) is 21.9. The number of hydrogen-bond donors (Lipinski definition) is 1. The molecule has 2 amide bonds. The van der Waals surface area contributed by atoms with Gasteiger partial charge in [0.2, 0.25) is 5.91 Å². The van der Waals surface area contributed by atoms with Crippen molar-refractivity contribution in [1.29, 1.82) is 0 Å². The summed E-state index contributed by atoms with van der Waals surface area (Å²) < 4.78 is 6.80. The fourth-order valence-electron chi connectivity index (χ4n) is 3.08. The van der Waals surface area contributed by atoms with E-state index in [0.717, 1.165) is 9.13 Å². The summed E-state index contributed by atoms with van der Waals surface area (Å²) in [5.74, 6) is 0.700. The number of carbonyl (C=O) groups excluding carboxylic acids is 2. The van der Waals surface area contributed by atoms with Gasteiger partial charge in [0, 0.05) is 16.7 Å². The van der Waals surface area contributed by atoms with E-state index in [-0.39, 0.29) is 18.4 Å². The Kier molecular flexibility index (Phi) is 10.1. The molecule has 0 spiro atoms. The number of rotatable bonds is 11. The van der Waals surface area contributed by atoms with Crippen LogP contribution in [0, 0.1) is 9.49 Å². The maximum Gasteiger partial charge on any atom is 0.261 e. The van der Waals surface area contributed by atoms with E-state index in [4.69, 9.17) is 4.74 Å². The summed E-state index contributed by atoms with van der Waals surface area (Å²) in [5.41, 5.74) is 1.13. The van der Waals surface area contributed by atoms with Crippen LogP contribution in [-0.4, -0.2) is 42.5 Å². The maximum atomic E-state index is 13.1. The van der Waals surface area contributed by atoms with Crippen LogP contribution in [0.25, 0.3) is 0 Å². The molecular weight excluding hydrogens is 491 g/mol. The number of nitrogens with zero attached hydrogens (tertiary/aromatic N) is 1. The number of amides is 2. The van der Waals surface area contributed by atoms with Gasteiger partial charge >= 0.3 is 0 Å². The Morgan fingerprint density at radius 3 is 2.33 bits per heavy atom. The topological polar surface area (TPSA) is 58.6 Å². The van der Waals surface area contributed by atoms with Crippen LogP contribution in [0.15, 0.2) is 54.6 Å². The highest BCUT2D eigenvalue weighted by molar-refractivity contribution is 14.1. The van der Waals surface area contributed by atoms with E-state index < -0.39 is 6.04 Å². The molecule has 1 atom stereocenters. The summed E-state index contributed by atoms with van der Waals surface area (Å²) in [4.78, 5) is 27.5. The van der Waals surface area contributed by atoms with Crippen LogP contribution >= 0.6 is 22.6 Å². The van der Waals surface area contributed by atoms with Gasteiger partial charge < -0.3 is 15.0 Å². The van der Waals surface area contributed by atoms with Crippen LogP contribution in [0.5, 0.6) is 5.75 Å². The molecular formula is C24H31IN2O3. The highest BCUT2D eigenvalue weighted by atomic mass is 127. The minimum Gasteiger partial charge on any atom is -0.484 e. The van der Waals surface area contributed by atoms with Crippen molar-refractivity contribution in [2.45, 2.75) is 39.7 Å². The molecule has 2 aromatic rings. The van der Waals surface area contributed by atoms with Gasteiger partial charge in [-0.25, -0.2) is 0 Å². The Labute approximate surface area is 193 Å². The predicted molar refractivity (Wildman–Crippen MR) is 128 cm³/mol. The number of halogens is 1. The van der Waals surface area contributed by atoms with Gasteiger partial charge in [0.25, 0.3) is 5.91 Å². The standard InChI is InChI=1S/C24H31IN2O3/c1-4-22(24(29)26-16-18(2)3)27(15-14-19-8-6-5-7-9-19)23(28)17-30-21-12-10-20(25)11-13-21/h5-13,18,22H,4,14-17H2,1-3H3,(H,26,29)/t22-/m1/s1. The van der Waals surface area contributed by atoms with Gasteiger partial charge in [-0.3, -0.25) is 9.59 Å². The summed E-state index contributed by atoms with van der Waals surface area (Å²) in [6, 6.07) is 17.0. The van der Waals surface area contributed by atoms with E-state index in [1.807, 2.05) is 61.5 Å². The number of benzene rings is 2. The minimum atomic E-state index is -0.514. The first-order valence-corrected chi connectivity index (χ1v) is 11.5. The molecule has 5 nitrogen and oxygen atoms in total. The van der Waals surface area contributed by atoms with E-state index in [2.05, 4.69) is 41.8 Å². The number of hydrogen-bond acceptors (Lipinski definition) is 3. The predicted octanol–water partition coefficient (Wildman–Crippen LogP) is 4.29. The summed E-state index contributed by atoms with van der Waals surface area (Å²) in [6.45, 7) is 7.00. The zero-order valence-corrected chi connectivity index (χ0v) is 20.1. The van der Waals surface area contributed by atoms with Crippen molar-refractivity contribution in [3.05, 3.63) is 63.7 Å². The molecule has 0 heterocycles. The summed E-state index contributed by atoms with van der Waals surface area (Å²) >= 11 is 2.22. The third kappa shape index (κ3) is 7.97. The molecule has 0 saturated heterocycles. The molecule has 6 heteroatoms. The highest BCUT2D eigenvalue weighted by Gasteiger charge is 2.28. The average molecular weight is 522 g/mol. The van der Waals surface area contributed by atoms with Crippen LogP contribution in [0.2, 0.25) is 0 Å². The van der Waals surface area contributed by atoms with Crippen molar-refractivity contribution in [2.75, 3.05) is 19.7 Å². The second-order valence-corrected chi connectivity index (χ2v) is 8.87. The fourth-order valence-corrected chi connectivity index (χ4v) is 3.44. The first-order valence-electron chi connectivity index (χ1n) is 10.4. The molecule has 162 valence electrons. The van der Waals surface area contributed by atoms with Crippen LogP contribution in [0.1, 0.15) is 32.8 Å². The molecule has 1 N–H and O–H groups in total. The van der Waals surface area contributed by atoms with Gasteiger partial charge in [0.05, 0.1) is 0 Å². The van der Waals surface area contributed by atoms with Crippen LogP contribution in [-0.2, 0) is 16.0 Å². The minimum absolute atomic E-state index is 0.0939. The number of carbonyl (C=O) groups is 2. The van der Waals surface area contributed by atoms with Gasteiger partial charge in [0.1, 0.15) is 11.8 Å². The first-order chi connectivity index (χ1) is 14.4. The van der Waals surface area contributed by atoms with Gasteiger partial charge in [-0.05, 0) is 71.2 Å². The molecule has 0 fully saturated rings. The number of nitrogens with one attached hydrogen (secondary N) is 1. The highest BCUT2D eigenvalue weighted by Crippen LogP contribution is 2.15. The lowest BCUT2D eigenvalue weighted by molar-refractivity contribution is -0.142. The van der Waals surface area contributed by atoms with E-state index in [1.54, 1.807) is 4.90 Å². The van der Waals surface area contributed by atoms with Crippen molar-refractivity contribution in [1.82, 2.24) is 10.2 Å². The lowest BCUT2D eigenvalue weighted by Crippen LogP contribution is -2.51. The van der Waals surface area contributed by atoms with E-state index >= 15 is 0 Å². The SMILES string of the molecule is CC[C@H](C(=O)NCC(C)C)N(CCc1ccccc1)C(=O)COc1ccc(I)cc1. The molecule has 2 rings (SSSR count). The van der Waals surface area contributed by atoms with Crippen molar-refractivity contribution in [2.24, 2.45) is 5.92 Å². The second-order valence-electron chi connectivity index (χ2n) is 7.63. The molecule has 0 unspecified atom stereocenters. The molecule has 2 aromatic carbocycles. The lowest BCUT2D eigenvalue weighted by atomic mass is 10.1. The molecule has 0 aliphatic rings. The monoisotopic (exact) mass is 522 g/mol. The molecule has 0 aliphatic heterocycles. The first kappa shape index (κ1) is 24.2. The molecule has 0 bridgehead atoms. The second kappa shape index (κ2) is 12.6. The molecule has 0 aromatic heterocycles. The molecule has 0 aliphatic carbocycles. The van der Waals surface area contributed by atoms with Crippen molar-refractivity contribution in [3.8, 4) is 5.75 Å². The fraction of sp³-hybridized carbons (Fsp3) is 0.417. The van der Waals surface area contributed by atoms with Gasteiger partial charge in [0.15, 0.2) is 6.61 Å². The Bertz CT molecular complexity index is 794. The van der Waals surface area contributed by atoms with Gasteiger partial charge in [-0.2, -0.15) is 0 Å². The van der Waals surface area contributed by atoms with Crippen molar-refractivity contribution >= 4 is 34.4 Å². The van der Waals surface area contributed by atoms with Crippen LogP contribution in [0.4, 0.5) is 0 Å². The van der Waals surface area contributed by atoms with Crippen LogP contribution in [0.3, 0.4) is 0 Å². The maximum absolute atomic E-state index is 13.1. The van der Waals surface area contributed by atoms with Gasteiger partial charge in [-0.15, -0.1) is 0 Å². The molecule has 0 saturated carbocycles.